The van der Waals surface area contributed by atoms with E-state index in [1.54, 1.807) is 0 Å². The van der Waals surface area contributed by atoms with Crippen LogP contribution >= 0.6 is 8.58 Å². The summed E-state index contributed by atoms with van der Waals surface area (Å²) in [6.07, 6.45) is 0. The quantitative estimate of drug-likeness (QED) is 0.618. The first-order valence-corrected chi connectivity index (χ1v) is 7.44. The van der Waals surface area contributed by atoms with Gasteiger partial charge < -0.3 is 0 Å². The molecule has 0 amide bonds. The van der Waals surface area contributed by atoms with Crippen molar-refractivity contribution in [2.75, 3.05) is 0 Å². The van der Waals surface area contributed by atoms with Gasteiger partial charge in [0.15, 0.2) is 5.52 Å². The van der Waals surface area contributed by atoms with Gasteiger partial charge in [0.1, 0.15) is 0 Å². The molecule has 0 fully saturated rings. The van der Waals surface area contributed by atoms with E-state index < -0.39 is 0 Å². The maximum atomic E-state index is 12.6. The van der Waals surface area contributed by atoms with Crippen molar-refractivity contribution in [1.82, 2.24) is 0 Å². The molecule has 0 saturated carbocycles. The number of aryl methyl sites for hydroxylation is 2. The molecule has 2 aromatic carbocycles. The van der Waals surface area contributed by atoms with E-state index in [1.807, 2.05) is 44.2 Å². The van der Waals surface area contributed by atoms with Gasteiger partial charge in [-0.1, -0.05) is 36.4 Å². The number of rotatable bonds is 3. The third-order valence-electron chi connectivity index (χ3n) is 3.62. The van der Waals surface area contributed by atoms with Crippen LogP contribution in [0.25, 0.3) is 0 Å². The normalized spacial score (nSPS) is 10.6. The van der Waals surface area contributed by atoms with Crippen molar-refractivity contribution in [3.8, 4) is 0 Å². The van der Waals surface area contributed by atoms with E-state index in [1.165, 1.54) is 11.1 Å². The molecular formula is C17H19LiOP. The van der Waals surface area contributed by atoms with Gasteiger partial charge in [-0.3, -0.25) is 4.79 Å². The first-order valence-electron chi connectivity index (χ1n) is 6.44. The summed E-state index contributed by atoms with van der Waals surface area (Å²) in [5.41, 5.74) is 5.80. The van der Waals surface area contributed by atoms with Crippen molar-refractivity contribution in [2.45, 2.75) is 27.7 Å². The van der Waals surface area contributed by atoms with Gasteiger partial charge >= 0.3 is 0 Å². The third kappa shape index (κ3) is 3.61. The van der Waals surface area contributed by atoms with Crippen molar-refractivity contribution in [2.24, 2.45) is 0 Å². The van der Waals surface area contributed by atoms with Gasteiger partial charge in [0.2, 0.25) is 0 Å². The second-order valence-electron chi connectivity index (χ2n) is 4.96. The summed E-state index contributed by atoms with van der Waals surface area (Å²) in [5, 5.41) is 1.10. The molecule has 0 saturated heterocycles. The van der Waals surface area contributed by atoms with Gasteiger partial charge in [-0.25, -0.2) is 0 Å². The molecule has 20 heavy (non-hydrogen) atoms. The second kappa shape index (κ2) is 7.23. The van der Waals surface area contributed by atoms with Crippen LogP contribution in [0.3, 0.4) is 0 Å². The Labute approximate surface area is 135 Å². The average Bonchev–Trinajstić information content (AvgIpc) is 2.38. The summed E-state index contributed by atoms with van der Waals surface area (Å²) in [5.74, 6) is 0. The molecule has 99 valence electrons. The minimum atomic E-state index is 0. The number of carbonyl (C=O) groups excluding carboxylic acids is 1. The number of carbonyl (C=O) groups is 1. The largest absolute Gasteiger partial charge is 0.289 e. The van der Waals surface area contributed by atoms with Crippen LogP contribution in [0.1, 0.15) is 32.6 Å². The Morgan fingerprint density at radius 1 is 0.900 bits per heavy atom. The predicted octanol–water partition coefficient (Wildman–Crippen LogP) is 3.68. The maximum absolute atomic E-state index is 12.6. The molecule has 3 heteroatoms. The standard InChI is InChI=1S/C17H19OP.Li/c1-11-10-12(2)14(4)16(13(11)3)17(18)19-15-8-6-5-7-9-15;/h5-10,19H,1-4H3;. The number of hydrogen-bond acceptors (Lipinski definition) is 1. The summed E-state index contributed by atoms with van der Waals surface area (Å²) in [6, 6.07) is 12.1. The first kappa shape index (κ1) is 17.2. The monoisotopic (exact) mass is 277 g/mol. The Bertz CT molecular complexity index is 594. The Morgan fingerprint density at radius 3 is 1.90 bits per heavy atom. The smallest absolute Gasteiger partial charge is 0.186 e. The first-order chi connectivity index (χ1) is 9.00. The van der Waals surface area contributed by atoms with Crippen LogP contribution in [-0.4, -0.2) is 24.4 Å². The van der Waals surface area contributed by atoms with Crippen LogP contribution in [0.5, 0.6) is 0 Å². The van der Waals surface area contributed by atoms with Crippen molar-refractivity contribution in [1.29, 1.82) is 0 Å². The van der Waals surface area contributed by atoms with Crippen LogP contribution in [0.15, 0.2) is 36.4 Å². The van der Waals surface area contributed by atoms with Crippen LogP contribution in [0.4, 0.5) is 0 Å². The van der Waals surface area contributed by atoms with E-state index in [9.17, 15) is 4.79 Å². The minimum Gasteiger partial charge on any atom is -0.289 e. The SMILES string of the molecule is Cc1cc(C)c(C)c(C(=O)Pc2ccccc2)c1C.[Li]. The molecule has 0 spiro atoms. The maximum Gasteiger partial charge on any atom is 0.186 e. The van der Waals surface area contributed by atoms with E-state index >= 15 is 0 Å². The zero-order chi connectivity index (χ0) is 14.0. The van der Waals surface area contributed by atoms with E-state index in [0.717, 1.165) is 22.0 Å². The fourth-order valence-electron chi connectivity index (χ4n) is 2.27. The predicted molar refractivity (Wildman–Crippen MR) is 89.9 cm³/mol. The Hall–Kier alpha value is -0.863. The Balaban J connectivity index is 0.00000200. The summed E-state index contributed by atoms with van der Waals surface area (Å²) in [6.45, 7) is 8.24. The third-order valence-corrected chi connectivity index (χ3v) is 4.72. The second-order valence-corrected chi connectivity index (χ2v) is 6.24. The van der Waals surface area contributed by atoms with Crippen LogP contribution < -0.4 is 5.30 Å². The van der Waals surface area contributed by atoms with E-state index in [-0.39, 0.29) is 33.0 Å². The number of hydrogen-bond donors (Lipinski definition) is 0. The number of benzene rings is 2. The molecule has 2 aromatic rings. The molecule has 0 heterocycles. The molecule has 0 aliphatic carbocycles. The molecule has 2 rings (SSSR count). The zero-order valence-corrected chi connectivity index (χ0v) is 13.9. The van der Waals surface area contributed by atoms with Crippen LogP contribution in [0.2, 0.25) is 0 Å². The summed E-state index contributed by atoms with van der Waals surface area (Å²) < 4.78 is 0. The van der Waals surface area contributed by atoms with Gasteiger partial charge in [0.05, 0.1) is 0 Å². The summed E-state index contributed by atoms with van der Waals surface area (Å²) in [7, 11) is 0.202. The van der Waals surface area contributed by atoms with Crippen molar-refractivity contribution in [3.05, 3.63) is 64.2 Å². The molecule has 0 aliphatic rings. The Kier molecular flexibility index (Phi) is 6.22. The van der Waals surface area contributed by atoms with Gasteiger partial charge in [0, 0.05) is 24.4 Å². The molecule has 0 aliphatic heterocycles. The molecule has 1 atom stereocenters. The summed E-state index contributed by atoms with van der Waals surface area (Å²) in [4.78, 5) is 12.6. The fraction of sp³-hybridized carbons (Fsp3) is 0.235. The molecule has 0 aromatic heterocycles. The van der Waals surface area contributed by atoms with E-state index in [0.29, 0.717) is 0 Å². The van der Waals surface area contributed by atoms with Crippen molar-refractivity contribution < 1.29 is 4.79 Å². The molecule has 0 bridgehead atoms. The fourth-order valence-corrected chi connectivity index (χ4v) is 3.39. The Morgan fingerprint density at radius 2 is 1.40 bits per heavy atom. The van der Waals surface area contributed by atoms with Gasteiger partial charge in [0.25, 0.3) is 0 Å². The summed E-state index contributed by atoms with van der Waals surface area (Å²) >= 11 is 0. The van der Waals surface area contributed by atoms with Gasteiger partial charge in [-0.2, -0.15) is 0 Å². The van der Waals surface area contributed by atoms with Gasteiger partial charge in [-0.05, 0) is 63.8 Å². The molecular weight excluding hydrogens is 258 g/mol. The van der Waals surface area contributed by atoms with Crippen molar-refractivity contribution in [3.63, 3.8) is 0 Å². The topological polar surface area (TPSA) is 17.1 Å². The van der Waals surface area contributed by atoms with Crippen LogP contribution in [-0.2, 0) is 0 Å². The molecule has 1 nitrogen and oxygen atoms in total. The van der Waals surface area contributed by atoms with E-state index in [4.69, 9.17) is 0 Å². The minimum absolute atomic E-state index is 0. The molecule has 1 unspecified atom stereocenters. The van der Waals surface area contributed by atoms with Crippen LogP contribution in [0, 0.1) is 27.7 Å². The molecule has 1 radical (unpaired) electrons. The zero-order valence-electron chi connectivity index (χ0n) is 12.9. The molecule has 0 N–H and O–H groups in total. The average molecular weight is 277 g/mol. The van der Waals surface area contributed by atoms with Crippen molar-refractivity contribution >= 4 is 38.3 Å². The van der Waals surface area contributed by atoms with E-state index in [2.05, 4.69) is 19.9 Å². The van der Waals surface area contributed by atoms with Gasteiger partial charge in [-0.15, -0.1) is 0 Å².